The number of rotatable bonds is 2. The number of nitrogens with one attached hydrogen (secondary N) is 1. The quantitative estimate of drug-likeness (QED) is 0.781. The summed E-state index contributed by atoms with van der Waals surface area (Å²) >= 11 is 5.26. The normalized spacial score (nSPS) is 18.6. The minimum Gasteiger partial charge on any atom is -0.301 e. The first-order chi connectivity index (χ1) is 7.20. The maximum atomic E-state index is 5.26. The van der Waals surface area contributed by atoms with E-state index in [0.29, 0.717) is 12.0 Å². The van der Waals surface area contributed by atoms with Gasteiger partial charge in [0.1, 0.15) is 5.82 Å². The Kier molecular flexibility index (Phi) is 3.24. The Balaban J connectivity index is 2.30. The highest BCUT2D eigenvalue weighted by molar-refractivity contribution is 7.71. The van der Waals surface area contributed by atoms with E-state index in [-0.39, 0.29) is 0 Å². The van der Waals surface area contributed by atoms with Crippen molar-refractivity contribution in [1.82, 2.24) is 14.8 Å². The summed E-state index contributed by atoms with van der Waals surface area (Å²) in [5, 5.41) is 7.34. The zero-order valence-corrected chi connectivity index (χ0v) is 10.3. The van der Waals surface area contributed by atoms with Crippen LogP contribution in [0.15, 0.2) is 0 Å². The third-order valence-electron chi connectivity index (χ3n) is 3.22. The minimum absolute atomic E-state index is 0.410. The van der Waals surface area contributed by atoms with Crippen molar-refractivity contribution >= 4 is 12.2 Å². The molecular formula is C11H19N3S. The van der Waals surface area contributed by atoms with Gasteiger partial charge in [0, 0.05) is 12.0 Å². The van der Waals surface area contributed by atoms with Crippen LogP contribution in [0.1, 0.15) is 63.7 Å². The summed E-state index contributed by atoms with van der Waals surface area (Å²) in [6.45, 7) is 4.33. The van der Waals surface area contributed by atoms with Crippen molar-refractivity contribution in [3.63, 3.8) is 0 Å². The van der Waals surface area contributed by atoms with E-state index in [9.17, 15) is 0 Å². The van der Waals surface area contributed by atoms with Crippen molar-refractivity contribution in [2.45, 2.75) is 57.9 Å². The number of hydrogen-bond donors (Lipinski definition) is 1. The molecule has 0 aromatic carbocycles. The first-order valence-corrected chi connectivity index (χ1v) is 6.27. The Labute approximate surface area is 95.9 Å². The largest absolute Gasteiger partial charge is 0.301 e. The van der Waals surface area contributed by atoms with Crippen molar-refractivity contribution in [2.75, 3.05) is 0 Å². The third-order valence-corrected chi connectivity index (χ3v) is 3.51. The van der Waals surface area contributed by atoms with E-state index in [4.69, 9.17) is 12.2 Å². The van der Waals surface area contributed by atoms with Crippen molar-refractivity contribution < 1.29 is 0 Å². The molecule has 1 fully saturated rings. The van der Waals surface area contributed by atoms with Crippen LogP contribution in [-0.2, 0) is 0 Å². The lowest BCUT2D eigenvalue weighted by molar-refractivity contribution is 0.405. The van der Waals surface area contributed by atoms with Crippen molar-refractivity contribution in [3.8, 4) is 0 Å². The summed E-state index contributed by atoms with van der Waals surface area (Å²) in [5.41, 5.74) is 0. The molecule has 0 atom stereocenters. The summed E-state index contributed by atoms with van der Waals surface area (Å²) in [6.07, 6.45) is 6.59. The zero-order chi connectivity index (χ0) is 10.8. The van der Waals surface area contributed by atoms with Crippen LogP contribution in [0.5, 0.6) is 0 Å². The highest BCUT2D eigenvalue weighted by Gasteiger charge is 2.21. The summed E-state index contributed by atoms with van der Waals surface area (Å²) < 4.78 is 2.94. The Morgan fingerprint density at radius 3 is 2.60 bits per heavy atom. The molecule has 0 radical (unpaired) electrons. The molecule has 0 saturated heterocycles. The van der Waals surface area contributed by atoms with Gasteiger partial charge in [-0.2, -0.15) is 5.10 Å². The highest BCUT2D eigenvalue weighted by atomic mass is 32.1. The molecule has 0 spiro atoms. The predicted molar refractivity (Wildman–Crippen MR) is 63.6 cm³/mol. The molecule has 1 heterocycles. The van der Waals surface area contributed by atoms with Gasteiger partial charge < -0.3 is 4.57 Å². The smallest absolute Gasteiger partial charge is 0.195 e. The fourth-order valence-corrected chi connectivity index (χ4v) is 2.81. The summed E-state index contributed by atoms with van der Waals surface area (Å²) in [5.74, 6) is 1.80. The number of nitrogens with zero attached hydrogens (tertiary/aromatic N) is 2. The van der Waals surface area contributed by atoms with Gasteiger partial charge in [0.2, 0.25) is 0 Å². The molecule has 2 rings (SSSR count). The van der Waals surface area contributed by atoms with Crippen LogP contribution < -0.4 is 0 Å². The standard InChI is InChI=1S/C11H19N3S/c1-8(2)14-10(12-13-11(14)15)9-6-4-3-5-7-9/h8-9H,3-7H2,1-2H3,(H,13,15). The van der Waals surface area contributed by atoms with E-state index in [1.807, 2.05) is 0 Å². The monoisotopic (exact) mass is 225 g/mol. The van der Waals surface area contributed by atoms with Gasteiger partial charge in [-0.05, 0) is 38.9 Å². The number of aromatic nitrogens is 3. The lowest BCUT2D eigenvalue weighted by Gasteiger charge is -2.22. The molecule has 1 aliphatic carbocycles. The Morgan fingerprint density at radius 1 is 1.33 bits per heavy atom. The molecule has 1 aromatic rings. The van der Waals surface area contributed by atoms with Crippen molar-refractivity contribution in [1.29, 1.82) is 0 Å². The van der Waals surface area contributed by atoms with Gasteiger partial charge >= 0.3 is 0 Å². The van der Waals surface area contributed by atoms with Crippen LogP contribution in [0.25, 0.3) is 0 Å². The van der Waals surface area contributed by atoms with E-state index in [0.717, 1.165) is 4.77 Å². The van der Waals surface area contributed by atoms with Crippen LogP contribution in [0.2, 0.25) is 0 Å². The van der Waals surface area contributed by atoms with Gasteiger partial charge in [0.15, 0.2) is 4.77 Å². The molecule has 0 unspecified atom stereocenters. The Hall–Kier alpha value is -0.640. The van der Waals surface area contributed by atoms with Crippen molar-refractivity contribution in [3.05, 3.63) is 10.6 Å². The highest BCUT2D eigenvalue weighted by Crippen LogP contribution is 2.32. The van der Waals surface area contributed by atoms with Crippen molar-refractivity contribution in [2.24, 2.45) is 0 Å². The fraction of sp³-hybridized carbons (Fsp3) is 0.818. The molecule has 84 valence electrons. The average molecular weight is 225 g/mol. The van der Waals surface area contributed by atoms with Gasteiger partial charge in [0.05, 0.1) is 0 Å². The molecule has 0 bridgehead atoms. The van der Waals surface area contributed by atoms with Crippen LogP contribution in [-0.4, -0.2) is 14.8 Å². The van der Waals surface area contributed by atoms with Crippen LogP contribution in [0.3, 0.4) is 0 Å². The second-order valence-corrected chi connectivity index (χ2v) is 5.07. The first-order valence-electron chi connectivity index (χ1n) is 5.87. The second kappa shape index (κ2) is 4.47. The number of H-pyrrole nitrogens is 1. The molecular weight excluding hydrogens is 206 g/mol. The second-order valence-electron chi connectivity index (χ2n) is 4.69. The van der Waals surface area contributed by atoms with Crippen LogP contribution in [0, 0.1) is 4.77 Å². The van der Waals surface area contributed by atoms with E-state index in [1.54, 1.807) is 0 Å². The molecule has 4 heteroatoms. The molecule has 15 heavy (non-hydrogen) atoms. The SMILES string of the molecule is CC(C)n1c(C2CCCCC2)n[nH]c1=S. The van der Waals surface area contributed by atoms with Crippen LogP contribution in [0.4, 0.5) is 0 Å². The molecule has 0 amide bonds. The lowest BCUT2D eigenvalue weighted by atomic mass is 9.88. The van der Waals surface area contributed by atoms with Gasteiger partial charge in [-0.3, -0.25) is 5.10 Å². The van der Waals surface area contributed by atoms with Gasteiger partial charge in [-0.25, -0.2) is 0 Å². The fourth-order valence-electron chi connectivity index (χ4n) is 2.46. The van der Waals surface area contributed by atoms with Gasteiger partial charge in [0.25, 0.3) is 0 Å². The van der Waals surface area contributed by atoms with Gasteiger partial charge in [-0.15, -0.1) is 0 Å². The molecule has 0 aliphatic heterocycles. The maximum Gasteiger partial charge on any atom is 0.195 e. The minimum atomic E-state index is 0.410. The van der Waals surface area contributed by atoms with E-state index in [2.05, 4.69) is 28.6 Å². The summed E-state index contributed by atoms with van der Waals surface area (Å²) in [6, 6.07) is 0.410. The molecule has 1 saturated carbocycles. The van der Waals surface area contributed by atoms with E-state index < -0.39 is 0 Å². The molecule has 3 nitrogen and oxygen atoms in total. The number of hydrogen-bond acceptors (Lipinski definition) is 2. The first kappa shape index (κ1) is 10.9. The molecule has 1 aromatic heterocycles. The molecule has 1 aliphatic rings. The molecule has 1 N–H and O–H groups in total. The van der Waals surface area contributed by atoms with Crippen LogP contribution >= 0.6 is 12.2 Å². The zero-order valence-electron chi connectivity index (χ0n) is 9.49. The maximum absolute atomic E-state index is 5.26. The summed E-state index contributed by atoms with van der Waals surface area (Å²) in [7, 11) is 0. The predicted octanol–water partition coefficient (Wildman–Crippen LogP) is 3.57. The average Bonchev–Trinajstić information content (AvgIpc) is 2.61. The van der Waals surface area contributed by atoms with E-state index >= 15 is 0 Å². The Bertz CT molecular complexity index is 371. The third kappa shape index (κ3) is 2.14. The van der Waals surface area contributed by atoms with E-state index in [1.165, 1.54) is 37.9 Å². The van der Waals surface area contributed by atoms with Gasteiger partial charge in [-0.1, -0.05) is 19.3 Å². The topological polar surface area (TPSA) is 33.6 Å². The Morgan fingerprint density at radius 2 is 2.00 bits per heavy atom. The summed E-state index contributed by atoms with van der Waals surface area (Å²) in [4.78, 5) is 0. The number of aromatic amines is 1. The lowest BCUT2D eigenvalue weighted by Crippen LogP contribution is -2.13.